The number of hydrogen-bond donors (Lipinski definition) is 1. The first-order valence-corrected chi connectivity index (χ1v) is 22.8. The lowest BCUT2D eigenvalue weighted by molar-refractivity contribution is 0.405. The summed E-state index contributed by atoms with van der Waals surface area (Å²) in [6.07, 6.45) is 2.35. The van der Waals surface area contributed by atoms with E-state index in [9.17, 15) is 0 Å². The Morgan fingerprint density at radius 2 is 0.791 bits per heavy atom. The quantitative estimate of drug-likeness (QED) is 0.157. The van der Waals surface area contributed by atoms with Gasteiger partial charge in [0.1, 0.15) is 0 Å². The molecule has 12 rings (SSSR count). The van der Waals surface area contributed by atoms with Crippen molar-refractivity contribution in [2.24, 2.45) is 0 Å². The Morgan fingerprint density at radius 1 is 0.343 bits per heavy atom. The van der Waals surface area contributed by atoms with Gasteiger partial charge < -0.3 is 0 Å². The maximum atomic E-state index is 5.42. The van der Waals surface area contributed by atoms with Gasteiger partial charge >= 0.3 is 0 Å². The first-order chi connectivity index (χ1) is 33.2. The number of nitrogens with one attached hydrogen (secondary N) is 1. The number of nitrogens with zero attached hydrogens (tertiary/aromatic N) is 3. The Balaban J connectivity index is 1.04. The van der Waals surface area contributed by atoms with Crippen LogP contribution in [-0.4, -0.2) is 15.0 Å². The molecule has 3 heterocycles. The maximum absolute atomic E-state index is 5.42. The summed E-state index contributed by atoms with van der Waals surface area (Å²) in [6, 6.07) is 88.2. The average molecular weight is 857 g/mol. The Hall–Kier alpha value is -8.70. The molecular formula is C63H44N4. The molecule has 0 bridgehead atoms. The first kappa shape index (κ1) is 39.9. The van der Waals surface area contributed by atoms with E-state index in [1.54, 1.807) is 0 Å². The monoisotopic (exact) mass is 856 g/mol. The van der Waals surface area contributed by atoms with Crippen molar-refractivity contribution >= 4 is 23.0 Å². The minimum atomic E-state index is -0.0657. The summed E-state index contributed by atoms with van der Waals surface area (Å²) in [5, 5.41) is 2.32. The Kier molecular flexibility index (Phi) is 10.3. The second-order valence-corrected chi connectivity index (χ2v) is 17.0. The molecule has 0 radical (unpaired) electrons. The smallest absolute Gasteiger partial charge is 0.160 e. The molecule has 1 unspecified atom stereocenters. The highest BCUT2D eigenvalue weighted by Crippen LogP contribution is 2.51. The molecule has 1 N–H and O–H groups in total. The molecule has 0 aliphatic carbocycles. The molecular weight excluding hydrogens is 813 g/mol. The molecule has 1 atom stereocenters. The van der Waals surface area contributed by atoms with Crippen LogP contribution in [0.1, 0.15) is 33.9 Å². The van der Waals surface area contributed by atoms with Crippen LogP contribution < -0.4 is 5.43 Å². The summed E-state index contributed by atoms with van der Waals surface area (Å²) in [6.45, 7) is 0. The zero-order valence-corrected chi connectivity index (χ0v) is 36.7. The molecule has 2 aliphatic rings. The fourth-order valence-corrected chi connectivity index (χ4v) is 9.66. The zero-order chi connectivity index (χ0) is 44.5. The van der Waals surface area contributed by atoms with Gasteiger partial charge in [-0.15, -0.1) is 0 Å². The number of benzene rings is 9. The third kappa shape index (κ3) is 7.65. The molecule has 316 valence electrons. The highest BCUT2D eigenvalue weighted by atomic mass is 15.6. The largest absolute Gasteiger partial charge is 0.274 e. The summed E-state index contributed by atoms with van der Waals surface area (Å²) in [5.74, 6) is 0.667. The van der Waals surface area contributed by atoms with E-state index in [0.29, 0.717) is 5.82 Å². The van der Waals surface area contributed by atoms with Crippen molar-refractivity contribution in [1.29, 1.82) is 0 Å². The standard InChI is InChI=1S/C63H44N4/c1-7-21-43(22-8-1)51-38-52(44-23-9-2-10-24-44)40-53(39-51)58-42-57(45-25-11-3-12-26-45)64-63(65-58)50-34-19-33-49(37-50)54-35-20-36-55-56(54)41-59(46-27-13-4-14-28-46)67-62(55)60(47-29-15-5-16-30-47)61(66-67)48-31-17-6-18-32-48/h1-42,61,66H. The molecule has 9 aromatic carbocycles. The van der Waals surface area contributed by atoms with Crippen LogP contribution in [0.25, 0.3) is 90.3 Å². The lowest BCUT2D eigenvalue weighted by Crippen LogP contribution is -2.33. The second kappa shape index (κ2) is 17.4. The summed E-state index contributed by atoms with van der Waals surface area (Å²) in [5.41, 5.74) is 24.9. The van der Waals surface area contributed by atoms with Gasteiger partial charge in [-0.05, 0) is 92.0 Å². The molecule has 0 fully saturated rings. The number of hydrogen-bond acceptors (Lipinski definition) is 4. The van der Waals surface area contributed by atoms with Crippen molar-refractivity contribution in [3.05, 3.63) is 277 Å². The topological polar surface area (TPSA) is 41.0 Å². The molecule has 4 heteroatoms. The molecule has 0 spiro atoms. The van der Waals surface area contributed by atoms with Crippen LogP contribution in [0.15, 0.2) is 249 Å². The predicted molar refractivity (Wildman–Crippen MR) is 276 cm³/mol. The Labute approximate surface area is 391 Å². The van der Waals surface area contributed by atoms with E-state index in [4.69, 9.17) is 9.97 Å². The van der Waals surface area contributed by atoms with E-state index in [-0.39, 0.29) is 6.04 Å². The van der Waals surface area contributed by atoms with Gasteiger partial charge in [-0.1, -0.05) is 218 Å². The van der Waals surface area contributed by atoms with Gasteiger partial charge in [0.2, 0.25) is 0 Å². The molecule has 4 nitrogen and oxygen atoms in total. The minimum Gasteiger partial charge on any atom is -0.274 e. The van der Waals surface area contributed by atoms with Crippen molar-refractivity contribution in [2.75, 3.05) is 0 Å². The van der Waals surface area contributed by atoms with Crippen LogP contribution in [0.3, 0.4) is 0 Å². The third-order valence-electron chi connectivity index (χ3n) is 12.9. The van der Waals surface area contributed by atoms with E-state index >= 15 is 0 Å². The van der Waals surface area contributed by atoms with E-state index < -0.39 is 0 Å². The van der Waals surface area contributed by atoms with Crippen LogP contribution in [0.4, 0.5) is 0 Å². The second-order valence-electron chi connectivity index (χ2n) is 17.0. The summed E-state index contributed by atoms with van der Waals surface area (Å²) >= 11 is 0. The maximum Gasteiger partial charge on any atom is 0.160 e. The lowest BCUT2D eigenvalue weighted by Gasteiger charge is -2.32. The van der Waals surface area contributed by atoms with Gasteiger partial charge in [-0.3, -0.25) is 5.01 Å². The summed E-state index contributed by atoms with van der Waals surface area (Å²) < 4.78 is 0. The normalized spacial score (nSPS) is 14.1. The van der Waals surface area contributed by atoms with Crippen molar-refractivity contribution in [1.82, 2.24) is 20.4 Å². The Bertz CT molecular complexity index is 3400. The van der Waals surface area contributed by atoms with Crippen LogP contribution in [0.5, 0.6) is 0 Å². The van der Waals surface area contributed by atoms with Gasteiger partial charge in [0.25, 0.3) is 0 Å². The van der Waals surface area contributed by atoms with E-state index in [2.05, 4.69) is 259 Å². The molecule has 2 aliphatic heterocycles. The minimum absolute atomic E-state index is 0.0657. The highest BCUT2D eigenvalue weighted by molar-refractivity contribution is 6.06. The molecule has 0 saturated carbocycles. The molecule has 0 amide bonds. The van der Waals surface area contributed by atoms with Crippen LogP contribution in [-0.2, 0) is 0 Å². The van der Waals surface area contributed by atoms with Gasteiger partial charge in [0.15, 0.2) is 5.82 Å². The molecule has 1 aromatic heterocycles. The van der Waals surface area contributed by atoms with E-state index in [1.807, 2.05) is 6.07 Å². The number of fused-ring (bicyclic) bond motifs is 3. The summed E-state index contributed by atoms with van der Waals surface area (Å²) in [7, 11) is 0. The number of aromatic nitrogens is 2. The zero-order valence-electron chi connectivity index (χ0n) is 36.7. The Morgan fingerprint density at radius 3 is 1.40 bits per heavy atom. The highest BCUT2D eigenvalue weighted by Gasteiger charge is 2.39. The van der Waals surface area contributed by atoms with Crippen molar-refractivity contribution in [2.45, 2.75) is 6.04 Å². The molecule has 67 heavy (non-hydrogen) atoms. The van der Waals surface area contributed by atoms with E-state index in [1.165, 1.54) is 27.8 Å². The van der Waals surface area contributed by atoms with Gasteiger partial charge in [0, 0.05) is 27.8 Å². The van der Waals surface area contributed by atoms with E-state index in [0.717, 1.165) is 78.4 Å². The predicted octanol–water partition coefficient (Wildman–Crippen LogP) is 15.4. The molecule has 0 saturated heterocycles. The number of rotatable bonds is 9. The lowest BCUT2D eigenvalue weighted by atomic mass is 9.85. The summed E-state index contributed by atoms with van der Waals surface area (Å²) in [4.78, 5) is 10.7. The third-order valence-corrected chi connectivity index (χ3v) is 12.9. The van der Waals surface area contributed by atoms with Crippen LogP contribution in [0.2, 0.25) is 0 Å². The van der Waals surface area contributed by atoms with Gasteiger partial charge in [-0.25, -0.2) is 15.4 Å². The van der Waals surface area contributed by atoms with Crippen molar-refractivity contribution < 1.29 is 0 Å². The fourth-order valence-electron chi connectivity index (χ4n) is 9.66. The molecule has 10 aromatic rings. The first-order valence-electron chi connectivity index (χ1n) is 22.8. The average Bonchev–Trinajstić information content (AvgIpc) is 3.83. The fraction of sp³-hybridized carbons (Fsp3) is 0.0159. The van der Waals surface area contributed by atoms with Crippen molar-refractivity contribution in [3.8, 4) is 67.3 Å². The van der Waals surface area contributed by atoms with Crippen LogP contribution >= 0.6 is 0 Å². The SMILES string of the molecule is C1=C(c2ccccc2)N2NC(c3ccccc3)C(c3ccccc3)=C2c2cccc(-c3cccc(-c4nc(-c5ccccc5)cc(-c5cc(-c6ccccc6)cc(-c6ccccc6)c5)n4)c3)c21. The van der Waals surface area contributed by atoms with Crippen LogP contribution in [0, 0.1) is 0 Å². The van der Waals surface area contributed by atoms with Crippen molar-refractivity contribution in [3.63, 3.8) is 0 Å². The van der Waals surface area contributed by atoms with Gasteiger partial charge in [0.05, 0.1) is 28.8 Å². The van der Waals surface area contributed by atoms with Gasteiger partial charge in [-0.2, -0.15) is 0 Å². The number of hydrazine groups is 1.